The third-order valence-corrected chi connectivity index (χ3v) is 7.17. The Kier molecular flexibility index (Phi) is 4.30. The van der Waals surface area contributed by atoms with Crippen LogP contribution in [-0.2, 0) is 4.79 Å². The number of hydrogen-bond acceptors (Lipinski definition) is 4. The van der Waals surface area contributed by atoms with E-state index in [0.717, 1.165) is 24.8 Å². The lowest BCUT2D eigenvalue weighted by atomic mass is 9.50. The molecule has 3 fully saturated rings. The molecule has 0 aromatic carbocycles. The first-order chi connectivity index (χ1) is 11.2. The minimum absolute atomic E-state index is 0.0834. The van der Waals surface area contributed by atoms with Gasteiger partial charge in [0.1, 0.15) is 0 Å². The second-order valence-electron chi connectivity index (χ2n) is 8.66. The molecule has 0 heterocycles. The molecule has 2 bridgehead atoms. The normalized spacial score (nSPS) is 42.4. The molecule has 3 saturated carbocycles. The number of ketones is 1. The number of Topliss-reactive ketones (excluding diaryl/α,β-unsaturated/α-hetero) is 1. The first-order valence-corrected chi connectivity index (χ1v) is 9.08. The summed E-state index contributed by atoms with van der Waals surface area (Å²) in [6, 6.07) is 0. The average Bonchev–Trinajstić information content (AvgIpc) is 2.65. The van der Waals surface area contributed by atoms with E-state index in [1.807, 2.05) is 0 Å². The quantitative estimate of drug-likeness (QED) is 0.544. The van der Waals surface area contributed by atoms with Crippen LogP contribution in [0.25, 0.3) is 0 Å². The van der Waals surface area contributed by atoms with Crippen molar-refractivity contribution >= 4 is 5.78 Å². The summed E-state index contributed by atoms with van der Waals surface area (Å²) in [6.07, 6.45) is 1.79. The molecule has 4 nitrogen and oxygen atoms in total. The summed E-state index contributed by atoms with van der Waals surface area (Å²) in [5.41, 5.74) is 0.238. The Morgan fingerprint density at radius 1 is 1.25 bits per heavy atom. The first-order valence-electron chi connectivity index (χ1n) is 9.08. The molecule has 0 aromatic rings. The van der Waals surface area contributed by atoms with Gasteiger partial charge in [-0.05, 0) is 54.9 Å². The molecular formula is C20H30O4. The van der Waals surface area contributed by atoms with Gasteiger partial charge in [-0.15, -0.1) is 0 Å². The van der Waals surface area contributed by atoms with Crippen molar-refractivity contribution in [1.82, 2.24) is 0 Å². The van der Waals surface area contributed by atoms with E-state index in [4.69, 9.17) is 5.11 Å². The van der Waals surface area contributed by atoms with Crippen molar-refractivity contribution in [3.05, 3.63) is 24.3 Å². The summed E-state index contributed by atoms with van der Waals surface area (Å²) in [7, 11) is 0. The second kappa shape index (κ2) is 5.79. The van der Waals surface area contributed by atoms with Crippen molar-refractivity contribution in [2.45, 2.75) is 58.2 Å². The highest BCUT2D eigenvalue weighted by Gasteiger charge is 2.69. The maximum absolute atomic E-state index is 12.9. The first kappa shape index (κ1) is 17.8. The van der Waals surface area contributed by atoms with Gasteiger partial charge in [-0.3, -0.25) is 4.79 Å². The van der Waals surface area contributed by atoms with Crippen LogP contribution in [0, 0.1) is 28.6 Å². The molecule has 3 aliphatic rings. The predicted molar refractivity (Wildman–Crippen MR) is 92.2 cm³/mol. The molecule has 0 saturated heterocycles. The SMILES string of the molecule is C=C1C(=O)[C@@]23[C@H](O)C[C@H](C(C)(C)CCCO)C(=C)[C@@H]2CC[C@@H]1[C@H]3O. The Balaban J connectivity index is 1.97. The Morgan fingerprint density at radius 3 is 2.54 bits per heavy atom. The van der Waals surface area contributed by atoms with Gasteiger partial charge in [0, 0.05) is 12.5 Å². The van der Waals surface area contributed by atoms with E-state index in [2.05, 4.69) is 27.0 Å². The van der Waals surface area contributed by atoms with Crippen molar-refractivity contribution in [2.75, 3.05) is 6.61 Å². The molecule has 0 amide bonds. The van der Waals surface area contributed by atoms with Gasteiger partial charge in [0.05, 0.1) is 17.6 Å². The van der Waals surface area contributed by atoms with E-state index in [1.54, 1.807) is 0 Å². The smallest absolute Gasteiger partial charge is 0.170 e. The summed E-state index contributed by atoms with van der Waals surface area (Å²) in [5, 5.41) is 31.0. The molecule has 0 aromatic heterocycles. The lowest BCUT2D eigenvalue weighted by Gasteiger charge is -2.55. The third kappa shape index (κ3) is 2.12. The van der Waals surface area contributed by atoms with Gasteiger partial charge in [-0.1, -0.05) is 32.6 Å². The van der Waals surface area contributed by atoms with Crippen molar-refractivity contribution in [2.24, 2.45) is 28.6 Å². The van der Waals surface area contributed by atoms with E-state index < -0.39 is 17.6 Å². The van der Waals surface area contributed by atoms with E-state index in [9.17, 15) is 15.0 Å². The number of allylic oxidation sites excluding steroid dienone is 1. The zero-order valence-electron chi connectivity index (χ0n) is 14.8. The maximum atomic E-state index is 12.9. The van der Waals surface area contributed by atoms with E-state index in [-0.39, 0.29) is 35.6 Å². The van der Waals surface area contributed by atoms with Gasteiger partial charge in [0.2, 0.25) is 0 Å². The van der Waals surface area contributed by atoms with Crippen molar-refractivity contribution in [1.29, 1.82) is 0 Å². The average molecular weight is 334 g/mol. The van der Waals surface area contributed by atoms with Gasteiger partial charge in [0.25, 0.3) is 0 Å². The van der Waals surface area contributed by atoms with Crippen LogP contribution >= 0.6 is 0 Å². The number of hydrogen-bond donors (Lipinski definition) is 3. The number of carbonyl (C=O) groups is 1. The highest BCUT2D eigenvalue weighted by atomic mass is 16.3. The molecule has 134 valence electrons. The van der Waals surface area contributed by atoms with E-state index >= 15 is 0 Å². The summed E-state index contributed by atoms with van der Waals surface area (Å²) in [4.78, 5) is 12.9. The molecule has 4 heteroatoms. The molecular weight excluding hydrogens is 304 g/mol. The lowest BCUT2D eigenvalue weighted by Crippen LogP contribution is -2.60. The summed E-state index contributed by atoms with van der Waals surface area (Å²) >= 11 is 0. The van der Waals surface area contributed by atoms with E-state index in [1.165, 1.54) is 0 Å². The molecule has 1 spiro atoms. The largest absolute Gasteiger partial charge is 0.396 e. The molecule has 0 aliphatic heterocycles. The minimum Gasteiger partial charge on any atom is -0.396 e. The monoisotopic (exact) mass is 334 g/mol. The fourth-order valence-corrected chi connectivity index (χ4v) is 5.80. The Bertz CT molecular complexity index is 578. The topological polar surface area (TPSA) is 77.8 Å². The molecule has 0 radical (unpaired) electrons. The summed E-state index contributed by atoms with van der Waals surface area (Å²) < 4.78 is 0. The molecule has 3 N–H and O–H groups in total. The van der Waals surface area contributed by atoms with Crippen LogP contribution in [-0.4, -0.2) is 39.9 Å². The van der Waals surface area contributed by atoms with Gasteiger partial charge in [-0.25, -0.2) is 0 Å². The molecule has 3 aliphatic carbocycles. The van der Waals surface area contributed by atoms with Crippen molar-refractivity contribution < 1.29 is 20.1 Å². The van der Waals surface area contributed by atoms with Gasteiger partial charge < -0.3 is 15.3 Å². The number of fused-ring (bicyclic) bond motifs is 1. The van der Waals surface area contributed by atoms with Gasteiger partial charge in [0.15, 0.2) is 5.78 Å². The van der Waals surface area contributed by atoms with Crippen LogP contribution in [0.15, 0.2) is 24.3 Å². The Labute approximate surface area is 144 Å². The fourth-order valence-electron chi connectivity index (χ4n) is 5.80. The maximum Gasteiger partial charge on any atom is 0.170 e. The third-order valence-electron chi connectivity index (χ3n) is 7.17. The van der Waals surface area contributed by atoms with Gasteiger partial charge in [-0.2, -0.15) is 0 Å². The lowest BCUT2D eigenvalue weighted by molar-refractivity contribution is -0.162. The fraction of sp³-hybridized carbons (Fsp3) is 0.750. The van der Waals surface area contributed by atoms with Crippen LogP contribution < -0.4 is 0 Å². The van der Waals surface area contributed by atoms with Crippen LogP contribution in [0.4, 0.5) is 0 Å². The Hall–Kier alpha value is -0.970. The van der Waals surface area contributed by atoms with Crippen LogP contribution in [0.3, 0.4) is 0 Å². The zero-order chi connectivity index (χ0) is 17.9. The van der Waals surface area contributed by atoms with Crippen LogP contribution in [0.5, 0.6) is 0 Å². The number of carbonyl (C=O) groups excluding carboxylic acids is 1. The van der Waals surface area contributed by atoms with E-state index in [0.29, 0.717) is 18.4 Å². The summed E-state index contributed by atoms with van der Waals surface area (Å²) in [5.74, 6) is -0.462. The second-order valence-corrected chi connectivity index (χ2v) is 8.66. The van der Waals surface area contributed by atoms with Crippen LogP contribution in [0.2, 0.25) is 0 Å². The number of aliphatic hydroxyl groups is 3. The molecule has 0 unspecified atom stereocenters. The highest BCUT2D eigenvalue weighted by Crippen LogP contribution is 2.64. The minimum atomic E-state index is -1.12. The van der Waals surface area contributed by atoms with Crippen LogP contribution in [0.1, 0.15) is 46.0 Å². The summed E-state index contributed by atoms with van der Waals surface area (Å²) in [6.45, 7) is 12.7. The number of aliphatic hydroxyl groups excluding tert-OH is 3. The highest BCUT2D eigenvalue weighted by molar-refractivity contribution is 6.04. The van der Waals surface area contributed by atoms with Crippen molar-refractivity contribution in [3.63, 3.8) is 0 Å². The predicted octanol–water partition coefficient (Wildman–Crippen LogP) is 2.23. The Morgan fingerprint density at radius 2 is 1.92 bits per heavy atom. The standard InChI is InChI=1S/C20H30O4/c1-11-13-6-7-14-12(2)15(19(3,4)8-5-9-21)10-16(22)20(14,17(11)23)18(13)24/h13-16,18,21-22,24H,1-2,5-10H2,3-4H3/t13-,14-,15-,16+,18+,20-/m0/s1. The zero-order valence-corrected chi connectivity index (χ0v) is 14.8. The van der Waals surface area contributed by atoms with Gasteiger partial charge >= 0.3 is 0 Å². The molecule has 24 heavy (non-hydrogen) atoms. The molecule has 6 atom stereocenters. The molecule has 3 rings (SSSR count). The number of rotatable bonds is 4. The van der Waals surface area contributed by atoms with Crippen molar-refractivity contribution in [3.8, 4) is 0 Å².